The van der Waals surface area contributed by atoms with E-state index in [-0.39, 0.29) is 34.7 Å². The van der Waals surface area contributed by atoms with E-state index in [1.54, 1.807) is 0 Å². The van der Waals surface area contributed by atoms with Gasteiger partial charge in [-0.2, -0.15) is 0 Å². The molecule has 1 heterocycles. The number of carbonyl (C=O) groups is 1. The largest absolute Gasteiger partial charge is 0.507 e. The van der Waals surface area contributed by atoms with Gasteiger partial charge in [-0.25, -0.2) is 0 Å². The molecule has 25 heavy (non-hydrogen) atoms. The number of thioether (sulfide) groups is 1. The number of Topliss-reactive ketones (excluding diaryl/α,β-unsaturated/α-hetero) is 1. The SMILES string of the molecule is O=C(CSc1nnc(COc2ccccc2)o1)c1cc(Cl)ccc1O. The third-order valence-corrected chi connectivity index (χ3v) is 4.19. The molecule has 0 bridgehead atoms. The van der Waals surface area contributed by atoms with Gasteiger partial charge in [0.15, 0.2) is 12.4 Å². The molecule has 8 heteroatoms. The number of aromatic hydroxyl groups is 1. The molecule has 0 fully saturated rings. The average Bonchev–Trinajstić information content (AvgIpc) is 3.09. The highest BCUT2D eigenvalue weighted by Crippen LogP contribution is 2.25. The summed E-state index contributed by atoms with van der Waals surface area (Å²) in [6, 6.07) is 13.6. The molecule has 0 spiro atoms. The number of halogens is 1. The van der Waals surface area contributed by atoms with Crippen molar-refractivity contribution in [2.24, 2.45) is 0 Å². The van der Waals surface area contributed by atoms with E-state index in [0.29, 0.717) is 16.7 Å². The first-order chi connectivity index (χ1) is 12.1. The fourth-order valence-corrected chi connectivity index (χ4v) is 2.79. The van der Waals surface area contributed by atoms with Crippen LogP contribution in [0.3, 0.4) is 0 Å². The van der Waals surface area contributed by atoms with Gasteiger partial charge in [0.25, 0.3) is 11.1 Å². The Balaban J connectivity index is 1.54. The van der Waals surface area contributed by atoms with E-state index in [4.69, 9.17) is 20.8 Å². The first-order valence-electron chi connectivity index (χ1n) is 7.26. The topological polar surface area (TPSA) is 85.5 Å². The summed E-state index contributed by atoms with van der Waals surface area (Å²) in [7, 11) is 0. The Morgan fingerprint density at radius 2 is 2.00 bits per heavy atom. The molecule has 6 nitrogen and oxygen atoms in total. The summed E-state index contributed by atoms with van der Waals surface area (Å²) in [5, 5.41) is 18.1. The van der Waals surface area contributed by atoms with Crippen LogP contribution in [-0.2, 0) is 6.61 Å². The highest BCUT2D eigenvalue weighted by atomic mass is 35.5. The van der Waals surface area contributed by atoms with Crippen molar-refractivity contribution in [2.75, 3.05) is 5.75 Å². The molecule has 0 aliphatic carbocycles. The van der Waals surface area contributed by atoms with Crippen LogP contribution in [0.25, 0.3) is 0 Å². The zero-order valence-corrected chi connectivity index (χ0v) is 14.5. The molecule has 0 saturated heterocycles. The van der Waals surface area contributed by atoms with E-state index in [0.717, 1.165) is 11.8 Å². The quantitative estimate of drug-likeness (QED) is 0.493. The minimum Gasteiger partial charge on any atom is -0.507 e. The van der Waals surface area contributed by atoms with Gasteiger partial charge in [0, 0.05) is 5.02 Å². The maximum atomic E-state index is 12.2. The van der Waals surface area contributed by atoms with Gasteiger partial charge >= 0.3 is 0 Å². The Kier molecular flexibility index (Phi) is 5.57. The minimum atomic E-state index is -0.287. The number of aromatic nitrogens is 2. The fourth-order valence-electron chi connectivity index (χ4n) is 1.95. The number of benzene rings is 2. The number of phenolic OH excluding ortho intramolecular Hbond substituents is 1. The first kappa shape index (κ1) is 17.3. The van der Waals surface area contributed by atoms with Gasteiger partial charge in [0.2, 0.25) is 0 Å². The van der Waals surface area contributed by atoms with Crippen molar-refractivity contribution in [2.45, 2.75) is 11.8 Å². The maximum absolute atomic E-state index is 12.2. The van der Waals surface area contributed by atoms with Crippen molar-refractivity contribution in [3.8, 4) is 11.5 Å². The number of hydrogen-bond acceptors (Lipinski definition) is 7. The molecule has 0 saturated carbocycles. The molecule has 0 amide bonds. The summed E-state index contributed by atoms with van der Waals surface area (Å²) in [4.78, 5) is 12.2. The van der Waals surface area contributed by atoms with E-state index in [1.807, 2.05) is 30.3 Å². The summed E-state index contributed by atoms with van der Waals surface area (Å²) in [6.07, 6.45) is 0. The number of rotatable bonds is 7. The van der Waals surface area contributed by atoms with Crippen molar-refractivity contribution in [1.29, 1.82) is 0 Å². The van der Waals surface area contributed by atoms with Gasteiger partial charge in [0.05, 0.1) is 11.3 Å². The lowest BCUT2D eigenvalue weighted by Gasteiger charge is -2.03. The van der Waals surface area contributed by atoms with Crippen molar-refractivity contribution in [3.63, 3.8) is 0 Å². The van der Waals surface area contributed by atoms with Crippen LogP contribution in [0, 0.1) is 0 Å². The summed E-state index contributed by atoms with van der Waals surface area (Å²) >= 11 is 6.92. The molecule has 0 unspecified atom stereocenters. The Morgan fingerprint density at radius 3 is 2.80 bits per heavy atom. The van der Waals surface area contributed by atoms with Crippen LogP contribution in [0.1, 0.15) is 16.2 Å². The Morgan fingerprint density at radius 1 is 1.20 bits per heavy atom. The number of carbonyl (C=O) groups excluding carboxylic acids is 1. The van der Waals surface area contributed by atoms with Gasteiger partial charge in [-0.05, 0) is 30.3 Å². The predicted molar refractivity (Wildman–Crippen MR) is 93.2 cm³/mol. The second-order valence-corrected chi connectivity index (χ2v) is 6.30. The molecule has 1 N–H and O–H groups in total. The van der Waals surface area contributed by atoms with E-state index < -0.39 is 0 Å². The highest BCUT2D eigenvalue weighted by Gasteiger charge is 2.15. The normalized spacial score (nSPS) is 10.6. The van der Waals surface area contributed by atoms with Crippen LogP contribution in [0.15, 0.2) is 58.2 Å². The number of nitrogens with zero attached hydrogens (tertiary/aromatic N) is 2. The molecule has 0 radical (unpaired) electrons. The number of hydrogen-bond donors (Lipinski definition) is 1. The zero-order valence-electron chi connectivity index (χ0n) is 12.9. The smallest absolute Gasteiger partial charge is 0.277 e. The van der Waals surface area contributed by atoms with Gasteiger partial charge in [0.1, 0.15) is 11.5 Å². The van der Waals surface area contributed by atoms with Crippen LogP contribution in [0.5, 0.6) is 11.5 Å². The van der Waals surface area contributed by atoms with Crippen molar-refractivity contribution in [3.05, 3.63) is 65.0 Å². The van der Waals surface area contributed by atoms with E-state index in [1.165, 1.54) is 18.2 Å². The summed E-state index contributed by atoms with van der Waals surface area (Å²) < 4.78 is 10.9. The first-order valence-corrected chi connectivity index (χ1v) is 8.63. The van der Waals surface area contributed by atoms with Crippen molar-refractivity contribution in [1.82, 2.24) is 10.2 Å². The van der Waals surface area contributed by atoms with Crippen molar-refractivity contribution < 1.29 is 19.1 Å². The molecule has 0 aliphatic rings. The molecule has 0 aliphatic heterocycles. The lowest BCUT2D eigenvalue weighted by Crippen LogP contribution is -2.02. The second-order valence-electron chi connectivity index (χ2n) is 4.94. The molecule has 3 aromatic rings. The Labute approximate surface area is 152 Å². The predicted octanol–water partition coefficient (Wildman–Crippen LogP) is 3.98. The molecule has 1 aromatic heterocycles. The molecule has 128 valence electrons. The molecular formula is C17H13ClN2O4S. The van der Waals surface area contributed by atoms with Crippen LogP contribution < -0.4 is 4.74 Å². The lowest BCUT2D eigenvalue weighted by molar-refractivity contribution is 0.101. The highest BCUT2D eigenvalue weighted by molar-refractivity contribution is 7.99. The molecule has 3 rings (SSSR count). The van der Waals surface area contributed by atoms with Gasteiger partial charge in [-0.15, -0.1) is 10.2 Å². The summed E-state index contributed by atoms with van der Waals surface area (Å²) in [5.41, 5.74) is 0.159. The van der Waals surface area contributed by atoms with Gasteiger partial charge in [-0.1, -0.05) is 41.6 Å². The Hall–Kier alpha value is -2.51. The second kappa shape index (κ2) is 8.04. The van der Waals surface area contributed by atoms with Crippen LogP contribution >= 0.6 is 23.4 Å². The minimum absolute atomic E-state index is 0.0368. The average molecular weight is 377 g/mol. The summed E-state index contributed by atoms with van der Waals surface area (Å²) in [5.74, 6) is 0.642. The van der Waals surface area contributed by atoms with Gasteiger partial charge in [-0.3, -0.25) is 4.79 Å². The third kappa shape index (κ3) is 4.74. The molecule has 2 aromatic carbocycles. The molecular weight excluding hydrogens is 364 g/mol. The lowest BCUT2D eigenvalue weighted by atomic mass is 10.1. The molecule has 0 atom stereocenters. The number of para-hydroxylation sites is 1. The van der Waals surface area contributed by atoms with E-state index in [2.05, 4.69) is 10.2 Å². The summed E-state index contributed by atoms with van der Waals surface area (Å²) in [6.45, 7) is 0.139. The van der Waals surface area contributed by atoms with E-state index >= 15 is 0 Å². The monoisotopic (exact) mass is 376 g/mol. The van der Waals surface area contributed by atoms with Crippen LogP contribution in [-0.4, -0.2) is 26.8 Å². The standard InChI is InChI=1S/C17H13ClN2O4S/c18-11-6-7-14(21)13(8-11)15(22)10-25-17-20-19-16(24-17)9-23-12-4-2-1-3-5-12/h1-8,21H,9-10H2. The van der Waals surface area contributed by atoms with E-state index in [9.17, 15) is 9.90 Å². The Bertz CT molecular complexity index is 870. The van der Waals surface area contributed by atoms with Crippen LogP contribution in [0.4, 0.5) is 0 Å². The third-order valence-electron chi connectivity index (χ3n) is 3.14. The zero-order chi connectivity index (χ0) is 17.6. The fraction of sp³-hybridized carbons (Fsp3) is 0.118. The van der Waals surface area contributed by atoms with Crippen LogP contribution in [0.2, 0.25) is 5.02 Å². The number of ether oxygens (including phenoxy) is 1. The maximum Gasteiger partial charge on any atom is 0.277 e. The van der Waals surface area contributed by atoms with Crippen molar-refractivity contribution >= 4 is 29.1 Å². The number of phenols is 1. The number of ketones is 1. The van der Waals surface area contributed by atoms with Gasteiger partial charge < -0.3 is 14.3 Å².